The predicted octanol–water partition coefficient (Wildman–Crippen LogP) is 2.38. The van der Waals surface area contributed by atoms with E-state index >= 15 is 0 Å². The Kier molecular flexibility index (Phi) is 5.30. The Hall–Kier alpha value is -1.40. The second kappa shape index (κ2) is 6.37. The summed E-state index contributed by atoms with van der Waals surface area (Å²) in [5, 5.41) is 2.81. The van der Waals surface area contributed by atoms with E-state index in [0.29, 0.717) is 12.8 Å². The number of carbonyl (C=O) groups excluding carboxylic acids is 1. The molecule has 1 saturated carbocycles. The highest BCUT2D eigenvalue weighted by Crippen LogP contribution is 2.33. The number of amides is 1. The van der Waals surface area contributed by atoms with E-state index in [-0.39, 0.29) is 30.1 Å². The van der Waals surface area contributed by atoms with Gasteiger partial charge in [-0.25, -0.2) is 0 Å². The molecule has 0 aliphatic heterocycles. The van der Waals surface area contributed by atoms with Gasteiger partial charge in [0.1, 0.15) is 5.75 Å². The van der Waals surface area contributed by atoms with Gasteiger partial charge in [0, 0.05) is 0 Å². The summed E-state index contributed by atoms with van der Waals surface area (Å²) in [6, 6.07) is 5.94. The summed E-state index contributed by atoms with van der Waals surface area (Å²) in [7, 11) is 0. The quantitative estimate of drug-likeness (QED) is 0.878. The van der Waals surface area contributed by atoms with Gasteiger partial charge in [-0.2, -0.15) is 8.78 Å². The van der Waals surface area contributed by atoms with Crippen molar-refractivity contribution in [2.24, 2.45) is 5.73 Å². The Morgan fingerprint density at radius 1 is 1.35 bits per heavy atom. The molecule has 1 atom stereocenters. The first-order chi connectivity index (χ1) is 8.90. The molecule has 7 heteroatoms. The molecular formula is C13H17ClF2N2O2. The summed E-state index contributed by atoms with van der Waals surface area (Å²) < 4.78 is 28.2. The van der Waals surface area contributed by atoms with Crippen LogP contribution in [0.5, 0.6) is 5.75 Å². The molecule has 1 fully saturated rings. The highest BCUT2D eigenvalue weighted by atomic mass is 35.5. The summed E-state index contributed by atoms with van der Waals surface area (Å²) in [6.07, 6.45) is 1.40. The van der Waals surface area contributed by atoms with Gasteiger partial charge >= 0.3 is 6.61 Å². The van der Waals surface area contributed by atoms with Crippen LogP contribution in [-0.2, 0) is 4.79 Å². The Bertz CT molecular complexity index is 464. The van der Waals surface area contributed by atoms with Crippen molar-refractivity contribution in [1.82, 2.24) is 5.32 Å². The average Bonchev–Trinajstić information content (AvgIpc) is 3.09. The average molecular weight is 307 g/mol. The van der Waals surface area contributed by atoms with Gasteiger partial charge in [-0.3, -0.25) is 4.79 Å². The molecule has 1 aliphatic rings. The van der Waals surface area contributed by atoms with Crippen molar-refractivity contribution in [1.29, 1.82) is 0 Å². The molecule has 0 bridgehead atoms. The molecule has 0 saturated heterocycles. The van der Waals surface area contributed by atoms with Gasteiger partial charge < -0.3 is 15.8 Å². The summed E-state index contributed by atoms with van der Waals surface area (Å²) in [6.45, 7) is -1.03. The third-order valence-corrected chi connectivity index (χ3v) is 3.19. The zero-order valence-electron chi connectivity index (χ0n) is 10.9. The SMILES string of the molecule is CC(NC(=O)C1(N)CC1)c1ccc(OC(F)F)cc1.Cl. The third kappa shape index (κ3) is 4.05. The Balaban J connectivity index is 0.00000200. The van der Waals surface area contributed by atoms with E-state index in [0.717, 1.165) is 5.56 Å². The van der Waals surface area contributed by atoms with Crippen LogP contribution in [-0.4, -0.2) is 18.1 Å². The molecule has 112 valence electrons. The second-order valence-electron chi connectivity index (χ2n) is 4.80. The van der Waals surface area contributed by atoms with Crippen LogP contribution in [0.15, 0.2) is 24.3 Å². The van der Waals surface area contributed by atoms with Crippen molar-refractivity contribution < 1.29 is 18.3 Å². The van der Waals surface area contributed by atoms with Gasteiger partial charge in [0.05, 0.1) is 11.6 Å². The van der Waals surface area contributed by atoms with E-state index < -0.39 is 12.2 Å². The largest absolute Gasteiger partial charge is 0.435 e. The van der Waals surface area contributed by atoms with Crippen molar-refractivity contribution in [2.45, 2.75) is 38.0 Å². The number of ether oxygens (including phenoxy) is 1. The number of hydrogen-bond donors (Lipinski definition) is 2. The Morgan fingerprint density at radius 3 is 2.35 bits per heavy atom. The van der Waals surface area contributed by atoms with E-state index in [9.17, 15) is 13.6 Å². The summed E-state index contributed by atoms with van der Waals surface area (Å²) in [4.78, 5) is 11.8. The second-order valence-corrected chi connectivity index (χ2v) is 4.80. The molecule has 1 aromatic rings. The van der Waals surface area contributed by atoms with Crippen molar-refractivity contribution in [2.75, 3.05) is 0 Å². The molecule has 3 N–H and O–H groups in total. The molecule has 20 heavy (non-hydrogen) atoms. The fraction of sp³-hybridized carbons (Fsp3) is 0.462. The number of hydrogen-bond acceptors (Lipinski definition) is 3. The van der Waals surface area contributed by atoms with Gasteiger partial charge in [0.15, 0.2) is 0 Å². The normalized spacial score (nSPS) is 17.1. The van der Waals surface area contributed by atoms with Crippen LogP contribution in [0.4, 0.5) is 8.78 Å². The Labute approximate surface area is 122 Å². The molecule has 0 heterocycles. The summed E-state index contributed by atoms with van der Waals surface area (Å²) in [5.74, 6) is -0.0809. The number of alkyl halides is 2. The maximum Gasteiger partial charge on any atom is 0.387 e. The lowest BCUT2D eigenvalue weighted by atomic mass is 10.1. The highest BCUT2D eigenvalue weighted by molar-refractivity contribution is 5.89. The molecule has 1 aliphatic carbocycles. The fourth-order valence-corrected chi connectivity index (χ4v) is 1.72. The van der Waals surface area contributed by atoms with Gasteiger partial charge in [0.25, 0.3) is 0 Å². The van der Waals surface area contributed by atoms with E-state index in [1.165, 1.54) is 12.1 Å². The van der Waals surface area contributed by atoms with Crippen molar-refractivity contribution in [3.63, 3.8) is 0 Å². The Morgan fingerprint density at radius 2 is 1.90 bits per heavy atom. The molecule has 0 spiro atoms. The van der Waals surface area contributed by atoms with Crippen LogP contribution in [0.3, 0.4) is 0 Å². The minimum atomic E-state index is -2.84. The van der Waals surface area contributed by atoms with Crippen molar-refractivity contribution >= 4 is 18.3 Å². The van der Waals surface area contributed by atoms with Crippen molar-refractivity contribution in [3.8, 4) is 5.75 Å². The number of nitrogens with two attached hydrogens (primary N) is 1. The van der Waals surface area contributed by atoms with Crippen LogP contribution in [0.25, 0.3) is 0 Å². The topological polar surface area (TPSA) is 64.4 Å². The molecule has 1 amide bonds. The van der Waals surface area contributed by atoms with E-state index in [1.807, 2.05) is 6.92 Å². The standard InChI is InChI=1S/C13H16F2N2O2.ClH/c1-8(17-11(18)13(16)6-7-13)9-2-4-10(5-3-9)19-12(14)15;/h2-5,8,12H,6-7,16H2,1H3,(H,17,18);1H. The predicted molar refractivity (Wildman–Crippen MR) is 73.0 cm³/mol. The number of carbonyl (C=O) groups is 1. The lowest BCUT2D eigenvalue weighted by Gasteiger charge is -2.17. The lowest BCUT2D eigenvalue weighted by molar-refractivity contribution is -0.123. The number of nitrogens with one attached hydrogen (secondary N) is 1. The first-order valence-electron chi connectivity index (χ1n) is 6.05. The summed E-state index contributed by atoms with van der Waals surface area (Å²) >= 11 is 0. The molecule has 1 aromatic carbocycles. The zero-order valence-corrected chi connectivity index (χ0v) is 11.8. The summed E-state index contributed by atoms with van der Waals surface area (Å²) in [5.41, 5.74) is 5.87. The van der Waals surface area contributed by atoms with Crippen LogP contribution in [0.1, 0.15) is 31.4 Å². The van der Waals surface area contributed by atoms with Gasteiger partial charge in [-0.15, -0.1) is 12.4 Å². The van der Waals surface area contributed by atoms with Crippen LogP contribution in [0, 0.1) is 0 Å². The van der Waals surface area contributed by atoms with Crippen LogP contribution >= 0.6 is 12.4 Å². The molecular weight excluding hydrogens is 290 g/mol. The molecule has 0 aromatic heterocycles. The van der Waals surface area contributed by atoms with Gasteiger partial charge in [0.2, 0.25) is 5.91 Å². The number of rotatable bonds is 5. The number of halogens is 3. The maximum atomic E-state index is 12.0. The van der Waals surface area contributed by atoms with Crippen LogP contribution < -0.4 is 15.8 Å². The van der Waals surface area contributed by atoms with Gasteiger partial charge in [-0.05, 0) is 37.5 Å². The van der Waals surface area contributed by atoms with E-state index in [2.05, 4.69) is 10.1 Å². The first-order valence-corrected chi connectivity index (χ1v) is 6.05. The monoisotopic (exact) mass is 306 g/mol. The first kappa shape index (κ1) is 16.7. The number of benzene rings is 1. The zero-order chi connectivity index (χ0) is 14.0. The fourth-order valence-electron chi connectivity index (χ4n) is 1.72. The smallest absolute Gasteiger partial charge is 0.387 e. The minimum absolute atomic E-state index is 0. The van der Waals surface area contributed by atoms with Gasteiger partial charge in [-0.1, -0.05) is 12.1 Å². The molecule has 4 nitrogen and oxygen atoms in total. The van der Waals surface area contributed by atoms with Crippen molar-refractivity contribution in [3.05, 3.63) is 29.8 Å². The van der Waals surface area contributed by atoms with E-state index in [1.54, 1.807) is 12.1 Å². The lowest BCUT2D eigenvalue weighted by Crippen LogP contribution is -2.43. The minimum Gasteiger partial charge on any atom is -0.435 e. The molecule has 1 unspecified atom stereocenters. The highest BCUT2D eigenvalue weighted by Gasteiger charge is 2.46. The molecule has 0 radical (unpaired) electrons. The van der Waals surface area contributed by atoms with Crippen LogP contribution in [0.2, 0.25) is 0 Å². The maximum absolute atomic E-state index is 12.0. The van der Waals surface area contributed by atoms with E-state index in [4.69, 9.17) is 5.73 Å². The third-order valence-electron chi connectivity index (χ3n) is 3.19. The molecule has 2 rings (SSSR count).